The Bertz CT molecular complexity index is 386. The Kier molecular flexibility index (Phi) is 5.01. The van der Waals surface area contributed by atoms with Crippen molar-refractivity contribution < 1.29 is 9.05 Å². The molecule has 3 atom stereocenters. The second-order valence-corrected chi connectivity index (χ2v) is 9.63. The van der Waals surface area contributed by atoms with Crippen molar-refractivity contribution in [1.29, 1.82) is 0 Å². The van der Waals surface area contributed by atoms with Crippen molar-refractivity contribution >= 4 is 35.3 Å². The highest BCUT2D eigenvalue weighted by molar-refractivity contribution is 8.77. The first-order valence-electron chi connectivity index (χ1n) is 5.95. The molecule has 0 amide bonds. The summed E-state index contributed by atoms with van der Waals surface area (Å²) < 4.78 is 12.0. The molecule has 18 heavy (non-hydrogen) atoms. The highest BCUT2D eigenvalue weighted by Crippen LogP contribution is 2.55. The van der Waals surface area contributed by atoms with Gasteiger partial charge in [-0.05, 0) is 32.9 Å². The van der Waals surface area contributed by atoms with E-state index < -0.39 is 8.38 Å². The van der Waals surface area contributed by atoms with Crippen LogP contribution in [0.25, 0.3) is 0 Å². The van der Waals surface area contributed by atoms with E-state index >= 15 is 0 Å². The maximum absolute atomic E-state index is 6.28. The van der Waals surface area contributed by atoms with Crippen LogP contribution in [0.5, 0.6) is 0 Å². The molecule has 2 nitrogen and oxygen atoms in total. The molecule has 1 aliphatic heterocycles. The van der Waals surface area contributed by atoms with Crippen molar-refractivity contribution in [3.8, 4) is 0 Å². The van der Waals surface area contributed by atoms with Crippen LogP contribution in [-0.4, -0.2) is 23.2 Å². The highest BCUT2D eigenvalue weighted by atomic mass is 33.1. The maximum atomic E-state index is 6.28. The lowest BCUT2D eigenvalue weighted by Crippen LogP contribution is -2.36. The van der Waals surface area contributed by atoms with Crippen LogP contribution in [0.4, 0.5) is 0 Å². The summed E-state index contributed by atoms with van der Waals surface area (Å²) in [5, 5.41) is 1.63. The zero-order valence-electron chi connectivity index (χ0n) is 11.1. The molecule has 0 spiro atoms. The molecule has 0 bridgehead atoms. The van der Waals surface area contributed by atoms with Crippen molar-refractivity contribution in [2.45, 2.75) is 36.9 Å². The van der Waals surface area contributed by atoms with Gasteiger partial charge in [-0.1, -0.05) is 39.8 Å². The van der Waals surface area contributed by atoms with Crippen LogP contribution in [0.2, 0.25) is 0 Å². The molecule has 1 aromatic carbocycles. The van der Waals surface area contributed by atoms with Gasteiger partial charge in [0.05, 0.1) is 6.10 Å². The van der Waals surface area contributed by atoms with Crippen molar-refractivity contribution in [2.75, 3.05) is 7.11 Å². The first-order valence-corrected chi connectivity index (χ1v) is 9.34. The number of rotatable bonds is 4. The summed E-state index contributed by atoms with van der Waals surface area (Å²) in [6.07, 6.45) is 0.221. The van der Waals surface area contributed by atoms with Crippen LogP contribution in [0.15, 0.2) is 30.3 Å². The third kappa shape index (κ3) is 3.23. The Labute approximate surface area is 119 Å². The van der Waals surface area contributed by atoms with Crippen molar-refractivity contribution in [2.24, 2.45) is 0 Å². The molecule has 0 aliphatic carbocycles. The fraction of sp³-hybridized carbons (Fsp3) is 0.538. The summed E-state index contributed by atoms with van der Waals surface area (Å²) in [5.74, 6) is 0. The molecular weight excluding hydrogens is 283 g/mol. The van der Waals surface area contributed by atoms with E-state index in [2.05, 4.69) is 32.9 Å². The van der Waals surface area contributed by atoms with Crippen molar-refractivity contribution in [3.63, 3.8) is 0 Å². The molecular formula is C13H19O2PS2. The number of hydrogen-bond donors (Lipinski definition) is 0. The second-order valence-electron chi connectivity index (χ2n) is 4.79. The largest absolute Gasteiger partial charge is 0.334 e. The topological polar surface area (TPSA) is 18.5 Å². The van der Waals surface area contributed by atoms with Crippen molar-refractivity contribution in [1.82, 2.24) is 0 Å². The standard InChI is InChI=1S/C13H19O2PS2/c1-10-12(13(2,3)18-17-10)15-16(14-4)11-8-6-5-7-9-11/h5-10,12H,1-4H3. The van der Waals surface area contributed by atoms with Gasteiger partial charge >= 0.3 is 0 Å². The summed E-state index contributed by atoms with van der Waals surface area (Å²) >= 11 is 0. The minimum absolute atomic E-state index is 0.137. The Morgan fingerprint density at radius 3 is 2.39 bits per heavy atom. The van der Waals surface area contributed by atoms with E-state index in [1.807, 2.05) is 39.8 Å². The molecule has 1 heterocycles. The van der Waals surface area contributed by atoms with Gasteiger partial charge < -0.3 is 9.05 Å². The van der Waals surface area contributed by atoms with E-state index in [-0.39, 0.29) is 10.9 Å². The molecule has 1 saturated heterocycles. The normalized spacial score (nSPS) is 28.2. The Morgan fingerprint density at radius 2 is 1.89 bits per heavy atom. The van der Waals surface area contributed by atoms with Gasteiger partial charge in [-0.3, -0.25) is 0 Å². The molecule has 3 unspecified atom stereocenters. The molecule has 1 fully saturated rings. The zero-order chi connectivity index (χ0) is 13.2. The minimum atomic E-state index is -0.976. The third-order valence-electron chi connectivity index (χ3n) is 2.87. The minimum Gasteiger partial charge on any atom is -0.334 e. The smallest absolute Gasteiger partial charge is 0.205 e. The Morgan fingerprint density at radius 1 is 1.22 bits per heavy atom. The van der Waals surface area contributed by atoms with E-state index in [0.29, 0.717) is 5.25 Å². The molecule has 100 valence electrons. The summed E-state index contributed by atoms with van der Waals surface area (Å²) in [6.45, 7) is 6.71. The number of hydrogen-bond acceptors (Lipinski definition) is 4. The average Bonchev–Trinajstić information content (AvgIpc) is 2.62. The van der Waals surface area contributed by atoms with E-state index in [4.69, 9.17) is 9.05 Å². The summed E-state index contributed by atoms with van der Waals surface area (Å²) in [7, 11) is 4.57. The van der Waals surface area contributed by atoms with Crippen LogP contribution in [0, 0.1) is 0 Å². The van der Waals surface area contributed by atoms with Crippen LogP contribution in [0.3, 0.4) is 0 Å². The molecule has 0 aromatic heterocycles. The van der Waals surface area contributed by atoms with E-state index in [9.17, 15) is 0 Å². The SMILES string of the molecule is COP(OC1C(C)SSC1(C)C)c1ccccc1. The Hall–Kier alpha value is 0.270. The molecule has 0 N–H and O–H groups in total. The van der Waals surface area contributed by atoms with Crippen LogP contribution >= 0.6 is 30.0 Å². The van der Waals surface area contributed by atoms with E-state index in [1.54, 1.807) is 7.11 Å². The van der Waals surface area contributed by atoms with Gasteiger partial charge in [0.1, 0.15) is 0 Å². The van der Waals surface area contributed by atoms with Gasteiger partial charge in [-0.15, -0.1) is 0 Å². The molecule has 5 heteroatoms. The van der Waals surface area contributed by atoms with Crippen LogP contribution in [0.1, 0.15) is 20.8 Å². The first-order chi connectivity index (χ1) is 8.54. The van der Waals surface area contributed by atoms with Crippen molar-refractivity contribution in [3.05, 3.63) is 30.3 Å². The quantitative estimate of drug-likeness (QED) is 0.612. The van der Waals surface area contributed by atoms with Crippen LogP contribution in [-0.2, 0) is 9.05 Å². The predicted octanol–water partition coefficient (Wildman–Crippen LogP) is 4.22. The molecule has 1 aromatic rings. The number of benzene rings is 1. The molecule has 0 radical (unpaired) electrons. The van der Waals surface area contributed by atoms with Gasteiger partial charge in [0.2, 0.25) is 8.38 Å². The third-order valence-corrected chi connectivity index (χ3v) is 8.14. The highest BCUT2D eigenvalue weighted by Gasteiger charge is 2.44. The van der Waals surface area contributed by atoms with Gasteiger partial charge in [0, 0.05) is 22.4 Å². The fourth-order valence-electron chi connectivity index (χ4n) is 1.94. The summed E-state index contributed by atoms with van der Waals surface area (Å²) in [4.78, 5) is 0. The van der Waals surface area contributed by atoms with Gasteiger partial charge in [0.15, 0.2) is 0 Å². The molecule has 2 rings (SSSR count). The monoisotopic (exact) mass is 302 g/mol. The second kappa shape index (κ2) is 6.15. The van der Waals surface area contributed by atoms with Gasteiger partial charge in [-0.25, -0.2) is 0 Å². The predicted molar refractivity (Wildman–Crippen MR) is 83.6 cm³/mol. The first kappa shape index (κ1) is 14.7. The van der Waals surface area contributed by atoms with Crippen LogP contribution < -0.4 is 5.30 Å². The zero-order valence-corrected chi connectivity index (χ0v) is 13.6. The Balaban J connectivity index is 2.11. The fourth-order valence-corrected chi connectivity index (χ4v) is 6.69. The maximum Gasteiger partial charge on any atom is 0.205 e. The summed E-state index contributed by atoms with van der Waals surface area (Å²) in [6, 6.07) is 10.2. The van der Waals surface area contributed by atoms with E-state index in [1.165, 1.54) is 0 Å². The summed E-state index contributed by atoms with van der Waals surface area (Å²) in [5.41, 5.74) is 0. The van der Waals surface area contributed by atoms with E-state index in [0.717, 1.165) is 5.30 Å². The molecule has 0 saturated carbocycles. The molecule has 1 aliphatic rings. The lowest BCUT2D eigenvalue weighted by molar-refractivity contribution is 0.170. The van der Waals surface area contributed by atoms with Gasteiger partial charge in [-0.2, -0.15) is 0 Å². The average molecular weight is 302 g/mol. The lowest BCUT2D eigenvalue weighted by Gasteiger charge is -2.30. The lowest BCUT2D eigenvalue weighted by atomic mass is 10.0. The van der Waals surface area contributed by atoms with Gasteiger partial charge in [0.25, 0.3) is 0 Å².